The number of halogens is 2. The Labute approximate surface area is 170 Å². The fourth-order valence-electron chi connectivity index (χ4n) is 2.47. The van der Waals surface area contributed by atoms with Crippen molar-refractivity contribution in [3.63, 3.8) is 0 Å². The van der Waals surface area contributed by atoms with E-state index in [0.29, 0.717) is 16.1 Å². The quantitative estimate of drug-likeness (QED) is 0.455. The van der Waals surface area contributed by atoms with Gasteiger partial charge in [0, 0.05) is 16.7 Å². The molecule has 0 radical (unpaired) electrons. The molecule has 0 atom stereocenters. The molecule has 0 aliphatic heterocycles. The number of hydrogen-bond acceptors (Lipinski definition) is 5. The van der Waals surface area contributed by atoms with Crippen LogP contribution in [-0.2, 0) is 9.53 Å². The summed E-state index contributed by atoms with van der Waals surface area (Å²) >= 11 is 5.90. The van der Waals surface area contributed by atoms with Crippen molar-refractivity contribution in [1.29, 1.82) is 0 Å². The fraction of sp³-hybridized carbons (Fsp3) is 0.0952. The third kappa shape index (κ3) is 5.08. The molecular formula is C21H16ClFN2O4. The van der Waals surface area contributed by atoms with Crippen molar-refractivity contribution in [3.05, 3.63) is 76.6 Å². The van der Waals surface area contributed by atoms with Gasteiger partial charge in [0.2, 0.25) is 5.88 Å². The Morgan fingerprint density at radius 3 is 2.52 bits per heavy atom. The van der Waals surface area contributed by atoms with Gasteiger partial charge < -0.3 is 9.26 Å². The first kappa shape index (κ1) is 20.3. The number of nitrogens with zero attached hydrogens (tertiary/aromatic N) is 1. The summed E-state index contributed by atoms with van der Waals surface area (Å²) in [6.07, 6.45) is 2.72. The second-order valence-electron chi connectivity index (χ2n) is 5.84. The Balaban J connectivity index is 1.86. The van der Waals surface area contributed by atoms with Crippen LogP contribution in [0, 0.1) is 5.82 Å². The number of hydrogen-bond donors (Lipinski definition) is 1. The molecule has 0 aliphatic carbocycles. The Bertz CT molecular complexity index is 1040. The zero-order valence-electron chi connectivity index (χ0n) is 15.3. The molecule has 2 aromatic carbocycles. The summed E-state index contributed by atoms with van der Waals surface area (Å²) < 4.78 is 23.2. The van der Waals surface area contributed by atoms with Crippen molar-refractivity contribution >= 4 is 35.4 Å². The van der Waals surface area contributed by atoms with E-state index in [1.807, 2.05) is 0 Å². The lowest BCUT2D eigenvalue weighted by Crippen LogP contribution is -2.13. The van der Waals surface area contributed by atoms with Gasteiger partial charge in [-0.1, -0.05) is 41.0 Å². The van der Waals surface area contributed by atoms with Crippen molar-refractivity contribution < 1.29 is 23.2 Å². The van der Waals surface area contributed by atoms with Crippen LogP contribution in [-0.4, -0.2) is 23.6 Å². The van der Waals surface area contributed by atoms with E-state index < -0.39 is 11.9 Å². The molecule has 1 aromatic heterocycles. The molecule has 0 aliphatic rings. The zero-order valence-corrected chi connectivity index (χ0v) is 16.1. The van der Waals surface area contributed by atoms with Crippen LogP contribution in [0.5, 0.6) is 0 Å². The molecule has 3 rings (SSSR count). The number of nitrogens with one attached hydrogen (secondary N) is 1. The van der Waals surface area contributed by atoms with E-state index >= 15 is 0 Å². The summed E-state index contributed by atoms with van der Waals surface area (Å²) in [6, 6.07) is 12.2. The number of amides is 1. The summed E-state index contributed by atoms with van der Waals surface area (Å²) in [5, 5.41) is 6.90. The molecule has 1 amide bonds. The standard InChI is InChI=1S/C21H16ClFN2O4/c1-2-28-21(27)18-19(14-6-8-15(22)9-7-14)25-29-20(18)24-17(26)12-5-13-3-10-16(23)11-4-13/h3-12H,2H2,1H3,(H,24,26)/b12-5+. The Morgan fingerprint density at radius 1 is 1.17 bits per heavy atom. The minimum Gasteiger partial charge on any atom is -0.462 e. The van der Waals surface area contributed by atoms with Gasteiger partial charge in [-0.05, 0) is 42.8 Å². The van der Waals surface area contributed by atoms with E-state index in [0.717, 1.165) is 0 Å². The molecule has 3 aromatic rings. The largest absolute Gasteiger partial charge is 0.462 e. The van der Waals surface area contributed by atoms with Crippen molar-refractivity contribution in [2.24, 2.45) is 0 Å². The maximum atomic E-state index is 12.9. The Kier molecular flexibility index (Phi) is 6.41. The molecular weight excluding hydrogens is 399 g/mol. The highest BCUT2D eigenvalue weighted by atomic mass is 35.5. The van der Waals surface area contributed by atoms with Gasteiger partial charge in [-0.3, -0.25) is 10.1 Å². The first-order valence-electron chi connectivity index (χ1n) is 8.65. The van der Waals surface area contributed by atoms with Gasteiger partial charge in [0.15, 0.2) is 5.56 Å². The van der Waals surface area contributed by atoms with Crippen molar-refractivity contribution in [3.8, 4) is 11.3 Å². The van der Waals surface area contributed by atoms with Crippen LogP contribution in [0.4, 0.5) is 10.3 Å². The highest BCUT2D eigenvalue weighted by Gasteiger charge is 2.26. The molecule has 1 heterocycles. The Hall–Kier alpha value is -3.45. The zero-order chi connectivity index (χ0) is 20.8. The topological polar surface area (TPSA) is 81.4 Å². The van der Waals surface area contributed by atoms with E-state index in [1.54, 1.807) is 31.2 Å². The molecule has 148 valence electrons. The predicted molar refractivity (Wildman–Crippen MR) is 107 cm³/mol. The third-order valence-corrected chi connectivity index (χ3v) is 4.08. The van der Waals surface area contributed by atoms with E-state index in [-0.39, 0.29) is 29.6 Å². The monoisotopic (exact) mass is 414 g/mol. The van der Waals surface area contributed by atoms with Gasteiger partial charge in [-0.15, -0.1) is 0 Å². The minimum absolute atomic E-state index is 0.00213. The molecule has 6 nitrogen and oxygen atoms in total. The first-order valence-corrected chi connectivity index (χ1v) is 9.03. The minimum atomic E-state index is -0.684. The second kappa shape index (κ2) is 9.16. The number of benzene rings is 2. The summed E-state index contributed by atoms with van der Waals surface area (Å²) in [5.74, 6) is -1.75. The van der Waals surface area contributed by atoms with Gasteiger partial charge in [0.05, 0.1) is 6.61 Å². The molecule has 8 heteroatoms. The van der Waals surface area contributed by atoms with Crippen LogP contribution in [0.25, 0.3) is 17.3 Å². The number of ether oxygens (including phenoxy) is 1. The van der Waals surface area contributed by atoms with Crippen LogP contribution in [0.3, 0.4) is 0 Å². The van der Waals surface area contributed by atoms with Gasteiger partial charge in [0.1, 0.15) is 11.5 Å². The van der Waals surface area contributed by atoms with Crippen LogP contribution >= 0.6 is 11.6 Å². The highest BCUT2D eigenvalue weighted by Crippen LogP contribution is 2.30. The molecule has 1 N–H and O–H groups in total. The lowest BCUT2D eigenvalue weighted by molar-refractivity contribution is -0.112. The fourth-order valence-corrected chi connectivity index (χ4v) is 2.60. The lowest BCUT2D eigenvalue weighted by atomic mass is 10.1. The predicted octanol–water partition coefficient (Wildman–Crippen LogP) is 4.96. The average Bonchev–Trinajstić information content (AvgIpc) is 3.12. The van der Waals surface area contributed by atoms with Crippen LogP contribution < -0.4 is 5.32 Å². The molecule has 0 saturated carbocycles. The summed E-state index contributed by atoms with van der Waals surface area (Å²) in [7, 11) is 0. The summed E-state index contributed by atoms with van der Waals surface area (Å²) in [6.45, 7) is 1.80. The van der Waals surface area contributed by atoms with E-state index in [2.05, 4.69) is 10.5 Å². The third-order valence-electron chi connectivity index (χ3n) is 3.82. The van der Waals surface area contributed by atoms with Crippen LogP contribution in [0.1, 0.15) is 22.8 Å². The molecule has 29 heavy (non-hydrogen) atoms. The van der Waals surface area contributed by atoms with Crippen molar-refractivity contribution in [2.75, 3.05) is 11.9 Å². The van der Waals surface area contributed by atoms with E-state index in [1.165, 1.54) is 36.4 Å². The molecule has 0 fully saturated rings. The maximum Gasteiger partial charge on any atom is 0.346 e. The SMILES string of the molecule is CCOC(=O)c1c(-c2ccc(Cl)cc2)noc1NC(=O)/C=C/c1ccc(F)cc1. The summed E-state index contributed by atoms with van der Waals surface area (Å²) in [4.78, 5) is 24.7. The maximum absolute atomic E-state index is 12.9. The smallest absolute Gasteiger partial charge is 0.346 e. The Morgan fingerprint density at radius 2 is 1.86 bits per heavy atom. The average molecular weight is 415 g/mol. The van der Waals surface area contributed by atoms with Gasteiger partial charge in [0.25, 0.3) is 5.91 Å². The number of rotatable bonds is 6. The molecule has 0 spiro atoms. The first-order chi connectivity index (χ1) is 14.0. The highest BCUT2D eigenvalue weighted by molar-refractivity contribution is 6.30. The molecule has 0 unspecified atom stereocenters. The van der Waals surface area contributed by atoms with Crippen LogP contribution in [0.15, 0.2) is 59.1 Å². The van der Waals surface area contributed by atoms with Gasteiger partial charge in [-0.25, -0.2) is 9.18 Å². The number of carbonyl (C=O) groups is 2. The summed E-state index contributed by atoms with van der Waals surface area (Å²) in [5.41, 5.74) is 1.42. The van der Waals surface area contributed by atoms with E-state index in [9.17, 15) is 14.0 Å². The molecule has 0 saturated heterocycles. The molecule has 0 bridgehead atoms. The van der Waals surface area contributed by atoms with Gasteiger partial charge in [-0.2, -0.15) is 0 Å². The number of anilines is 1. The van der Waals surface area contributed by atoms with E-state index in [4.69, 9.17) is 20.9 Å². The van der Waals surface area contributed by atoms with Crippen molar-refractivity contribution in [2.45, 2.75) is 6.92 Å². The number of aromatic nitrogens is 1. The van der Waals surface area contributed by atoms with Crippen molar-refractivity contribution in [1.82, 2.24) is 5.16 Å². The normalized spacial score (nSPS) is 10.9. The van der Waals surface area contributed by atoms with Gasteiger partial charge >= 0.3 is 5.97 Å². The second-order valence-corrected chi connectivity index (χ2v) is 6.27. The number of esters is 1. The lowest BCUT2D eigenvalue weighted by Gasteiger charge is -2.04. The number of carbonyl (C=O) groups excluding carboxylic acids is 2. The van der Waals surface area contributed by atoms with Crippen LogP contribution in [0.2, 0.25) is 5.02 Å².